The van der Waals surface area contributed by atoms with E-state index in [2.05, 4.69) is 21.2 Å². The topological polar surface area (TPSA) is 89.3 Å². The molecule has 0 aromatic heterocycles. The first kappa shape index (κ1) is 16.0. The SMILES string of the molecule is CC(C)NC(=O)C(C)S(=O)(=O)c1ccc(Br)cc1N. The highest BCUT2D eigenvalue weighted by Crippen LogP contribution is 2.26. The minimum atomic E-state index is -3.79. The summed E-state index contributed by atoms with van der Waals surface area (Å²) < 4.78 is 25.3. The third-order valence-electron chi connectivity index (χ3n) is 2.54. The van der Waals surface area contributed by atoms with E-state index in [1.165, 1.54) is 19.1 Å². The van der Waals surface area contributed by atoms with E-state index >= 15 is 0 Å². The van der Waals surface area contributed by atoms with Crippen LogP contribution in [0.5, 0.6) is 0 Å². The number of amides is 1. The number of anilines is 1. The molecule has 1 rings (SSSR count). The standard InChI is InChI=1S/C12H17BrN2O3S/c1-7(2)15-12(16)8(3)19(17,18)11-5-4-9(13)6-10(11)14/h4-8H,14H2,1-3H3,(H,15,16). The number of carbonyl (C=O) groups is 1. The Morgan fingerprint density at radius 1 is 1.32 bits per heavy atom. The van der Waals surface area contributed by atoms with Crippen molar-refractivity contribution in [2.75, 3.05) is 5.73 Å². The molecule has 1 aromatic rings. The van der Waals surface area contributed by atoms with E-state index in [-0.39, 0.29) is 16.6 Å². The Kier molecular flexibility index (Phi) is 4.98. The molecule has 19 heavy (non-hydrogen) atoms. The molecule has 1 aromatic carbocycles. The molecule has 7 heteroatoms. The highest BCUT2D eigenvalue weighted by Gasteiger charge is 2.31. The molecule has 0 aliphatic carbocycles. The summed E-state index contributed by atoms with van der Waals surface area (Å²) in [5, 5.41) is 1.40. The minimum absolute atomic E-state index is 0.0258. The molecule has 5 nitrogen and oxygen atoms in total. The fourth-order valence-electron chi connectivity index (χ4n) is 1.51. The molecule has 0 fully saturated rings. The second-order valence-electron chi connectivity index (χ2n) is 4.53. The molecule has 106 valence electrons. The summed E-state index contributed by atoms with van der Waals surface area (Å²) in [6.07, 6.45) is 0. The van der Waals surface area contributed by atoms with Crippen molar-refractivity contribution in [3.63, 3.8) is 0 Å². The number of nitrogens with two attached hydrogens (primary N) is 1. The Morgan fingerprint density at radius 2 is 1.89 bits per heavy atom. The van der Waals surface area contributed by atoms with Crippen molar-refractivity contribution in [2.45, 2.75) is 37.0 Å². The van der Waals surface area contributed by atoms with E-state index < -0.39 is 21.0 Å². The Labute approximate surface area is 121 Å². The lowest BCUT2D eigenvalue weighted by Gasteiger charge is -2.16. The average Bonchev–Trinajstić information content (AvgIpc) is 2.26. The minimum Gasteiger partial charge on any atom is -0.398 e. The first-order chi connectivity index (χ1) is 8.66. The molecule has 0 saturated carbocycles. The number of nitrogens with one attached hydrogen (secondary N) is 1. The first-order valence-corrected chi connectivity index (χ1v) is 8.09. The highest BCUT2D eigenvalue weighted by molar-refractivity contribution is 9.10. The van der Waals surface area contributed by atoms with Crippen LogP contribution in [0.1, 0.15) is 20.8 Å². The van der Waals surface area contributed by atoms with Gasteiger partial charge in [-0.25, -0.2) is 8.42 Å². The fourth-order valence-corrected chi connectivity index (χ4v) is 3.27. The van der Waals surface area contributed by atoms with Crippen LogP contribution in [0, 0.1) is 0 Å². The van der Waals surface area contributed by atoms with Gasteiger partial charge in [-0.1, -0.05) is 15.9 Å². The highest BCUT2D eigenvalue weighted by atomic mass is 79.9. The van der Waals surface area contributed by atoms with Crippen molar-refractivity contribution in [2.24, 2.45) is 0 Å². The van der Waals surface area contributed by atoms with Crippen LogP contribution in [0.4, 0.5) is 5.69 Å². The maximum absolute atomic E-state index is 12.3. The summed E-state index contributed by atoms with van der Waals surface area (Å²) >= 11 is 3.21. The van der Waals surface area contributed by atoms with Crippen LogP contribution < -0.4 is 11.1 Å². The van der Waals surface area contributed by atoms with Gasteiger partial charge in [0.1, 0.15) is 5.25 Å². The molecule has 1 atom stereocenters. The van der Waals surface area contributed by atoms with Gasteiger partial charge in [-0.05, 0) is 39.0 Å². The average molecular weight is 349 g/mol. The van der Waals surface area contributed by atoms with Crippen molar-refractivity contribution in [3.05, 3.63) is 22.7 Å². The molecule has 3 N–H and O–H groups in total. The molecule has 0 spiro atoms. The van der Waals surface area contributed by atoms with Gasteiger partial charge in [0, 0.05) is 10.5 Å². The third-order valence-corrected chi connectivity index (χ3v) is 5.17. The lowest BCUT2D eigenvalue weighted by atomic mass is 10.3. The molecule has 0 bridgehead atoms. The zero-order valence-corrected chi connectivity index (χ0v) is 13.4. The van der Waals surface area contributed by atoms with Crippen molar-refractivity contribution < 1.29 is 13.2 Å². The number of nitrogen functional groups attached to an aromatic ring is 1. The number of hydrogen-bond donors (Lipinski definition) is 2. The Hall–Kier alpha value is -1.08. The van der Waals surface area contributed by atoms with Crippen molar-refractivity contribution in [3.8, 4) is 0 Å². The zero-order chi connectivity index (χ0) is 14.8. The molecule has 1 unspecified atom stereocenters. The van der Waals surface area contributed by atoms with E-state index in [1.807, 2.05) is 0 Å². The van der Waals surface area contributed by atoms with Crippen LogP contribution in [0.25, 0.3) is 0 Å². The summed E-state index contributed by atoms with van der Waals surface area (Å²) in [5.41, 5.74) is 5.83. The summed E-state index contributed by atoms with van der Waals surface area (Å²) in [4.78, 5) is 11.8. The second-order valence-corrected chi connectivity index (χ2v) is 7.69. The van der Waals surface area contributed by atoms with E-state index in [0.717, 1.165) is 0 Å². The van der Waals surface area contributed by atoms with E-state index in [4.69, 9.17) is 5.73 Å². The lowest BCUT2D eigenvalue weighted by Crippen LogP contribution is -2.41. The van der Waals surface area contributed by atoms with Gasteiger partial charge in [0.05, 0.1) is 10.6 Å². The van der Waals surface area contributed by atoms with E-state index in [1.54, 1.807) is 19.9 Å². The van der Waals surface area contributed by atoms with Crippen molar-refractivity contribution >= 4 is 37.4 Å². The smallest absolute Gasteiger partial charge is 0.238 e. The van der Waals surface area contributed by atoms with Gasteiger partial charge < -0.3 is 11.1 Å². The summed E-state index contributed by atoms with van der Waals surface area (Å²) in [5.74, 6) is -0.530. The lowest BCUT2D eigenvalue weighted by molar-refractivity contribution is -0.120. The molecular weight excluding hydrogens is 332 g/mol. The predicted molar refractivity (Wildman–Crippen MR) is 78.5 cm³/mol. The van der Waals surface area contributed by atoms with Gasteiger partial charge in [0.25, 0.3) is 0 Å². The molecular formula is C12H17BrN2O3S. The molecule has 0 saturated heterocycles. The summed E-state index contributed by atoms with van der Waals surface area (Å²) in [6, 6.07) is 4.36. The molecule has 0 radical (unpaired) electrons. The van der Waals surface area contributed by atoms with Crippen LogP contribution in [0.15, 0.2) is 27.6 Å². The normalized spacial score (nSPS) is 13.3. The van der Waals surface area contributed by atoms with Gasteiger partial charge in [-0.15, -0.1) is 0 Å². The number of hydrogen-bond acceptors (Lipinski definition) is 4. The number of carbonyl (C=O) groups excluding carboxylic acids is 1. The molecule has 0 aliphatic heterocycles. The number of sulfone groups is 1. The largest absolute Gasteiger partial charge is 0.398 e. The monoisotopic (exact) mass is 348 g/mol. The van der Waals surface area contributed by atoms with Crippen LogP contribution in [0.2, 0.25) is 0 Å². The predicted octanol–water partition coefficient (Wildman–Crippen LogP) is 1.72. The van der Waals surface area contributed by atoms with Gasteiger partial charge in [-0.2, -0.15) is 0 Å². The maximum atomic E-state index is 12.3. The Morgan fingerprint density at radius 3 is 2.37 bits per heavy atom. The summed E-state index contributed by atoms with van der Waals surface area (Å²) in [7, 11) is -3.79. The van der Waals surface area contributed by atoms with Gasteiger partial charge in [0.2, 0.25) is 5.91 Å². The van der Waals surface area contributed by atoms with E-state index in [9.17, 15) is 13.2 Å². The van der Waals surface area contributed by atoms with Gasteiger partial charge >= 0.3 is 0 Å². The number of halogens is 1. The molecule has 1 amide bonds. The van der Waals surface area contributed by atoms with Gasteiger partial charge in [0.15, 0.2) is 9.84 Å². The second kappa shape index (κ2) is 5.92. The van der Waals surface area contributed by atoms with Crippen LogP contribution in [-0.4, -0.2) is 25.6 Å². The van der Waals surface area contributed by atoms with Crippen LogP contribution in [0.3, 0.4) is 0 Å². The molecule has 0 aliphatic rings. The number of rotatable bonds is 4. The summed E-state index contributed by atoms with van der Waals surface area (Å²) in [6.45, 7) is 4.89. The van der Waals surface area contributed by atoms with Crippen LogP contribution >= 0.6 is 15.9 Å². The maximum Gasteiger partial charge on any atom is 0.238 e. The first-order valence-electron chi connectivity index (χ1n) is 5.75. The van der Waals surface area contributed by atoms with Crippen molar-refractivity contribution in [1.82, 2.24) is 5.32 Å². The zero-order valence-electron chi connectivity index (χ0n) is 11.0. The number of benzene rings is 1. The molecule has 0 heterocycles. The van der Waals surface area contributed by atoms with Gasteiger partial charge in [-0.3, -0.25) is 4.79 Å². The quantitative estimate of drug-likeness (QED) is 0.810. The Balaban J connectivity index is 3.13. The fraction of sp³-hybridized carbons (Fsp3) is 0.417. The Bertz CT molecular complexity index is 585. The van der Waals surface area contributed by atoms with Crippen molar-refractivity contribution in [1.29, 1.82) is 0 Å². The third kappa shape index (κ3) is 3.70. The van der Waals surface area contributed by atoms with E-state index in [0.29, 0.717) is 4.47 Å². The van der Waals surface area contributed by atoms with Crippen LogP contribution in [-0.2, 0) is 14.6 Å².